The maximum absolute atomic E-state index is 12.9. The summed E-state index contributed by atoms with van der Waals surface area (Å²) >= 11 is 0. The third-order valence-electron chi connectivity index (χ3n) is 5.73. The highest BCUT2D eigenvalue weighted by molar-refractivity contribution is 6.09. The van der Waals surface area contributed by atoms with Crippen molar-refractivity contribution in [3.8, 4) is 0 Å². The number of anilines is 1. The number of imide groups is 1. The van der Waals surface area contributed by atoms with E-state index in [9.17, 15) is 23.6 Å². The molecule has 1 aromatic carbocycles. The number of benzene rings is 1. The second kappa shape index (κ2) is 8.18. The summed E-state index contributed by atoms with van der Waals surface area (Å²) in [7, 11) is 1.42. The van der Waals surface area contributed by atoms with Crippen LogP contribution in [0.2, 0.25) is 0 Å². The van der Waals surface area contributed by atoms with Gasteiger partial charge in [-0.05, 0) is 43.0 Å². The van der Waals surface area contributed by atoms with Crippen LogP contribution in [0.15, 0.2) is 24.3 Å². The second-order valence-corrected chi connectivity index (χ2v) is 7.74. The van der Waals surface area contributed by atoms with Gasteiger partial charge < -0.3 is 15.5 Å². The van der Waals surface area contributed by atoms with Crippen LogP contribution in [-0.4, -0.2) is 59.2 Å². The van der Waals surface area contributed by atoms with E-state index in [1.165, 1.54) is 31.3 Å². The van der Waals surface area contributed by atoms with E-state index in [-0.39, 0.29) is 18.4 Å². The predicted molar refractivity (Wildman–Crippen MR) is 103 cm³/mol. The van der Waals surface area contributed by atoms with Crippen LogP contribution < -0.4 is 10.6 Å². The first kappa shape index (κ1) is 20.8. The molecule has 1 saturated heterocycles. The summed E-state index contributed by atoms with van der Waals surface area (Å²) in [5.41, 5.74) is -0.520. The molecule has 2 fully saturated rings. The lowest BCUT2D eigenvalue weighted by Crippen LogP contribution is -2.54. The molecule has 2 atom stereocenters. The standard InChI is InChI=1S/C20H25FN4O4/c1-13-5-3-4-10-20(13)18(28)25(19(29)23-20)12-17(27)24(2)11-16(26)22-15-8-6-14(21)7-9-15/h6-9,13H,3-5,10-12H2,1-2H3,(H,22,26)(H,23,29)/t13-,20-/m0/s1. The van der Waals surface area contributed by atoms with Gasteiger partial charge in [0, 0.05) is 12.7 Å². The number of nitrogens with one attached hydrogen (secondary N) is 2. The molecule has 1 saturated carbocycles. The van der Waals surface area contributed by atoms with Crippen LogP contribution in [0, 0.1) is 11.7 Å². The Hall–Kier alpha value is -2.97. The smallest absolute Gasteiger partial charge is 0.325 e. The minimum atomic E-state index is -0.922. The van der Waals surface area contributed by atoms with Gasteiger partial charge >= 0.3 is 6.03 Å². The molecule has 2 N–H and O–H groups in total. The number of nitrogens with zero attached hydrogens (tertiary/aromatic N) is 2. The number of hydrogen-bond donors (Lipinski definition) is 2. The van der Waals surface area contributed by atoms with Crippen molar-refractivity contribution in [3.05, 3.63) is 30.1 Å². The molecule has 9 heteroatoms. The topological polar surface area (TPSA) is 98.8 Å². The Morgan fingerprint density at radius 1 is 1.28 bits per heavy atom. The normalized spacial score (nSPS) is 23.8. The molecule has 1 spiro atoms. The second-order valence-electron chi connectivity index (χ2n) is 7.74. The van der Waals surface area contributed by atoms with Crippen molar-refractivity contribution in [2.75, 3.05) is 25.5 Å². The quantitative estimate of drug-likeness (QED) is 0.730. The van der Waals surface area contributed by atoms with Crippen molar-refractivity contribution < 1.29 is 23.6 Å². The van der Waals surface area contributed by atoms with Crippen molar-refractivity contribution >= 4 is 29.4 Å². The fourth-order valence-electron chi connectivity index (χ4n) is 3.93. The monoisotopic (exact) mass is 404 g/mol. The molecule has 0 bridgehead atoms. The number of urea groups is 1. The van der Waals surface area contributed by atoms with Crippen molar-refractivity contribution in [2.45, 2.75) is 38.1 Å². The molecule has 1 aromatic rings. The van der Waals surface area contributed by atoms with Crippen LogP contribution in [0.4, 0.5) is 14.9 Å². The summed E-state index contributed by atoms with van der Waals surface area (Å²) in [5.74, 6) is -1.78. The van der Waals surface area contributed by atoms with Crippen LogP contribution in [-0.2, 0) is 14.4 Å². The van der Waals surface area contributed by atoms with Gasteiger partial charge in [0.15, 0.2) is 0 Å². The summed E-state index contributed by atoms with van der Waals surface area (Å²) in [5, 5.41) is 5.36. The number of rotatable bonds is 5. The lowest BCUT2D eigenvalue weighted by Gasteiger charge is -2.36. The van der Waals surface area contributed by atoms with Crippen molar-refractivity contribution in [2.24, 2.45) is 5.92 Å². The van der Waals surface area contributed by atoms with Gasteiger partial charge in [-0.1, -0.05) is 19.8 Å². The number of carbonyl (C=O) groups excluding carboxylic acids is 4. The van der Waals surface area contributed by atoms with E-state index in [0.29, 0.717) is 12.1 Å². The summed E-state index contributed by atoms with van der Waals surface area (Å²) in [6.07, 6.45) is 3.27. The minimum absolute atomic E-state index is 0.00650. The van der Waals surface area contributed by atoms with Crippen LogP contribution in [0.5, 0.6) is 0 Å². The molecular formula is C20H25FN4O4. The third-order valence-corrected chi connectivity index (χ3v) is 5.73. The highest BCUT2D eigenvalue weighted by atomic mass is 19.1. The minimum Gasteiger partial charge on any atom is -0.335 e. The van der Waals surface area contributed by atoms with Gasteiger partial charge in [-0.25, -0.2) is 9.18 Å². The van der Waals surface area contributed by atoms with Crippen molar-refractivity contribution in [1.82, 2.24) is 15.1 Å². The Bertz CT molecular complexity index is 828. The molecule has 0 radical (unpaired) electrons. The maximum Gasteiger partial charge on any atom is 0.325 e. The van der Waals surface area contributed by atoms with Crippen LogP contribution in [0.3, 0.4) is 0 Å². The Kier molecular flexibility index (Phi) is 5.86. The zero-order chi connectivity index (χ0) is 21.2. The van der Waals surface area contributed by atoms with E-state index >= 15 is 0 Å². The van der Waals surface area contributed by atoms with E-state index in [4.69, 9.17) is 0 Å². The molecule has 29 heavy (non-hydrogen) atoms. The summed E-state index contributed by atoms with van der Waals surface area (Å²) in [6, 6.07) is 4.68. The van der Waals surface area contributed by atoms with E-state index in [1.54, 1.807) is 0 Å². The molecule has 1 aliphatic heterocycles. The number of hydrogen-bond acceptors (Lipinski definition) is 4. The Morgan fingerprint density at radius 2 is 1.97 bits per heavy atom. The molecule has 0 unspecified atom stereocenters. The van der Waals surface area contributed by atoms with E-state index in [1.807, 2.05) is 6.92 Å². The molecule has 8 nitrogen and oxygen atoms in total. The third kappa shape index (κ3) is 4.23. The van der Waals surface area contributed by atoms with Gasteiger partial charge in [0.1, 0.15) is 17.9 Å². The van der Waals surface area contributed by atoms with Gasteiger partial charge in [0.2, 0.25) is 11.8 Å². The van der Waals surface area contributed by atoms with E-state index < -0.39 is 35.7 Å². The van der Waals surface area contributed by atoms with Gasteiger partial charge in [-0.15, -0.1) is 0 Å². The first-order chi connectivity index (χ1) is 13.7. The van der Waals surface area contributed by atoms with E-state index in [0.717, 1.165) is 29.1 Å². The van der Waals surface area contributed by atoms with Crippen molar-refractivity contribution in [1.29, 1.82) is 0 Å². The highest BCUT2D eigenvalue weighted by Crippen LogP contribution is 2.38. The van der Waals surface area contributed by atoms with Gasteiger partial charge in [0.25, 0.3) is 5.91 Å². The number of amides is 5. The van der Waals surface area contributed by atoms with Gasteiger partial charge in [-0.2, -0.15) is 0 Å². The first-order valence-corrected chi connectivity index (χ1v) is 9.66. The van der Waals surface area contributed by atoms with E-state index in [2.05, 4.69) is 10.6 Å². The molecule has 0 aromatic heterocycles. The molecule has 1 heterocycles. The fraction of sp³-hybridized carbons (Fsp3) is 0.500. The number of likely N-dealkylation sites (N-methyl/N-ethyl adjacent to an activating group) is 1. The number of carbonyl (C=O) groups is 4. The SMILES string of the molecule is C[C@H]1CCCC[C@]12NC(=O)N(CC(=O)N(C)CC(=O)Nc1ccc(F)cc1)C2=O. The first-order valence-electron chi connectivity index (χ1n) is 9.66. The maximum atomic E-state index is 12.9. The lowest BCUT2D eigenvalue weighted by molar-refractivity contribution is -0.140. The van der Waals surface area contributed by atoms with Crippen LogP contribution >= 0.6 is 0 Å². The van der Waals surface area contributed by atoms with Gasteiger partial charge in [-0.3, -0.25) is 19.3 Å². The average molecular weight is 404 g/mol. The summed E-state index contributed by atoms with van der Waals surface area (Å²) in [6.45, 7) is 1.26. The molecule has 2 aliphatic rings. The molecule has 3 rings (SSSR count). The summed E-state index contributed by atoms with van der Waals surface area (Å²) in [4.78, 5) is 52.0. The average Bonchev–Trinajstić information content (AvgIpc) is 2.91. The Morgan fingerprint density at radius 3 is 2.62 bits per heavy atom. The van der Waals surface area contributed by atoms with Crippen LogP contribution in [0.1, 0.15) is 32.6 Å². The number of halogens is 1. The summed E-state index contributed by atoms with van der Waals surface area (Å²) < 4.78 is 12.9. The fourth-order valence-corrected chi connectivity index (χ4v) is 3.93. The molecule has 1 aliphatic carbocycles. The molecule has 156 valence electrons. The molecular weight excluding hydrogens is 379 g/mol. The Balaban J connectivity index is 1.57. The Labute approximate surface area is 168 Å². The van der Waals surface area contributed by atoms with Gasteiger partial charge in [0.05, 0.1) is 6.54 Å². The highest BCUT2D eigenvalue weighted by Gasteiger charge is 2.55. The zero-order valence-electron chi connectivity index (χ0n) is 16.5. The largest absolute Gasteiger partial charge is 0.335 e. The predicted octanol–water partition coefficient (Wildman–Crippen LogP) is 1.72. The molecule has 5 amide bonds. The lowest BCUT2D eigenvalue weighted by atomic mass is 9.73. The zero-order valence-corrected chi connectivity index (χ0v) is 16.5. The van der Waals surface area contributed by atoms with Crippen LogP contribution in [0.25, 0.3) is 0 Å². The van der Waals surface area contributed by atoms with Crippen molar-refractivity contribution in [3.63, 3.8) is 0 Å².